The average Bonchev–Trinajstić information content (AvgIpc) is 2.28. The topological polar surface area (TPSA) is 123 Å². The van der Waals surface area contributed by atoms with E-state index in [1.807, 2.05) is 0 Å². The van der Waals surface area contributed by atoms with E-state index in [4.69, 9.17) is 25.5 Å². The molecule has 0 bridgehead atoms. The first-order valence-corrected chi connectivity index (χ1v) is 4.33. The number of rotatable bonds is 4. The molecule has 0 unspecified atom stereocenters. The molecule has 1 amide bonds. The van der Waals surface area contributed by atoms with E-state index in [0.29, 0.717) is 0 Å². The van der Waals surface area contributed by atoms with Crippen molar-refractivity contribution in [3.05, 3.63) is 23.6 Å². The van der Waals surface area contributed by atoms with Crippen LogP contribution in [-0.2, 0) is 4.79 Å². The zero-order valence-corrected chi connectivity index (χ0v) is 8.67. The van der Waals surface area contributed by atoms with Crippen LogP contribution in [0.15, 0.2) is 12.3 Å². The Hall–Kier alpha value is -2.22. The Kier molecular flexibility index (Phi) is 6.95. The Morgan fingerprint density at radius 1 is 1.65 bits per heavy atom. The summed E-state index contributed by atoms with van der Waals surface area (Å²) < 4.78 is 17.8. The summed E-state index contributed by atoms with van der Waals surface area (Å²) in [6.07, 6.45) is 1.11. The van der Waals surface area contributed by atoms with Crippen LogP contribution in [0.3, 0.4) is 0 Å². The first-order valence-electron chi connectivity index (χ1n) is 4.33. The van der Waals surface area contributed by atoms with Gasteiger partial charge in [-0.3, -0.25) is 9.59 Å². The van der Waals surface area contributed by atoms with Crippen molar-refractivity contribution in [2.75, 3.05) is 13.2 Å². The Bertz CT molecular complexity index is 386. The van der Waals surface area contributed by atoms with Crippen LogP contribution >= 0.6 is 0 Å². The quantitative estimate of drug-likeness (QED) is 0.609. The molecule has 0 aromatic carbocycles. The maximum atomic E-state index is 13.1. The van der Waals surface area contributed by atoms with Gasteiger partial charge in [0.1, 0.15) is 6.61 Å². The highest BCUT2D eigenvalue weighted by Crippen LogP contribution is 2.13. The van der Waals surface area contributed by atoms with Crippen molar-refractivity contribution in [1.82, 2.24) is 4.98 Å². The molecular weight excluding hydrogens is 235 g/mol. The molecule has 4 N–H and O–H groups in total. The number of aliphatic hydroxyl groups excluding tert-OH is 1. The van der Waals surface area contributed by atoms with Crippen LogP contribution in [0.2, 0.25) is 0 Å². The first kappa shape index (κ1) is 14.8. The second-order valence-corrected chi connectivity index (χ2v) is 2.55. The first-order chi connectivity index (χ1) is 8.06. The monoisotopic (exact) mass is 246 g/mol. The van der Waals surface area contributed by atoms with Gasteiger partial charge >= 0.3 is 0 Å². The van der Waals surface area contributed by atoms with Crippen molar-refractivity contribution in [3.63, 3.8) is 0 Å². The molecule has 1 heterocycles. The minimum atomic E-state index is -0.783. The van der Waals surface area contributed by atoms with Gasteiger partial charge in [-0.1, -0.05) is 0 Å². The number of amides is 1. The molecule has 94 valence electrons. The van der Waals surface area contributed by atoms with Crippen LogP contribution in [0.5, 0.6) is 5.88 Å². The third-order valence-electron chi connectivity index (χ3n) is 1.42. The van der Waals surface area contributed by atoms with Crippen LogP contribution < -0.4 is 10.5 Å². The summed E-state index contributed by atoms with van der Waals surface area (Å²) in [6.45, 7) is -0.543. The molecule has 0 atom stereocenters. The fourth-order valence-electron chi connectivity index (χ4n) is 0.809. The van der Waals surface area contributed by atoms with Gasteiger partial charge in [0.05, 0.1) is 12.2 Å². The maximum absolute atomic E-state index is 13.1. The van der Waals surface area contributed by atoms with Crippen molar-refractivity contribution in [2.45, 2.75) is 0 Å². The molecule has 7 nitrogen and oxygen atoms in total. The van der Waals surface area contributed by atoms with Gasteiger partial charge in [0.25, 0.3) is 6.47 Å². The van der Waals surface area contributed by atoms with Crippen LogP contribution in [-0.4, -0.2) is 40.8 Å². The molecule has 0 aliphatic carbocycles. The number of hydrogen-bond acceptors (Lipinski definition) is 5. The summed E-state index contributed by atoms with van der Waals surface area (Å²) in [5.41, 5.74) is 4.88. The van der Waals surface area contributed by atoms with Crippen molar-refractivity contribution in [3.8, 4) is 5.88 Å². The van der Waals surface area contributed by atoms with Crippen LogP contribution in [0.1, 0.15) is 10.4 Å². The molecule has 8 heteroatoms. The highest BCUT2D eigenvalue weighted by molar-refractivity contribution is 5.92. The van der Waals surface area contributed by atoms with Crippen LogP contribution in [0, 0.1) is 5.82 Å². The van der Waals surface area contributed by atoms with Gasteiger partial charge in [0.2, 0.25) is 11.8 Å². The Morgan fingerprint density at radius 2 is 2.24 bits per heavy atom. The minimum Gasteiger partial charge on any atom is -0.483 e. The molecule has 17 heavy (non-hydrogen) atoms. The maximum Gasteiger partial charge on any atom is 0.290 e. The summed E-state index contributed by atoms with van der Waals surface area (Å²) >= 11 is 0. The lowest BCUT2D eigenvalue weighted by Crippen LogP contribution is -2.12. The third-order valence-corrected chi connectivity index (χ3v) is 1.42. The number of carboxylic acid groups (broad SMARTS) is 1. The molecule has 0 spiro atoms. The number of halogens is 1. The van der Waals surface area contributed by atoms with Gasteiger partial charge in [-0.2, -0.15) is 0 Å². The molecule has 0 saturated carbocycles. The predicted molar refractivity (Wildman–Crippen MR) is 54.0 cm³/mol. The number of nitrogens with zero attached hydrogens (tertiary/aromatic N) is 1. The number of carbonyl (C=O) groups excluding carboxylic acids is 1. The zero-order chi connectivity index (χ0) is 13.3. The molecule has 1 aromatic rings. The standard InChI is InChI=1S/C8H9FN2O3.CH2O2/c9-6-3-5(7(10)13)4-11-8(6)14-2-1-12;2-1-3/h3-4,12H,1-2H2,(H2,10,13);1H,(H,2,3). The number of aromatic nitrogens is 1. The molecule has 0 fully saturated rings. The molecule has 0 aliphatic heterocycles. The average molecular weight is 246 g/mol. The largest absolute Gasteiger partial charge is 0.483 e. The second kappa shape index (κ2) is 7.99. The zero-order valence-electron chi connectivity index (χ0n) is 8.67. The number of hydrogen-bond donors (Lipinski definition) is 3. The van der Waals surface area contributed by atoms with Gasteiger partial charge in [-0.05, 0) is 6.07 Å². The third kappa shape index (κ3) is 5.42. The Balaban J connectivity index is 0.000000770. The van der Waals surface area contributed by atoms with Crippen molar-refractivity contribution in [1.29, 1.82) is 0 Å². The van der Waals surface area contributed by atoms with E-state index in [2.05, 4.69) is 4.98 Å². The molecule has 0 saturated heterocycles. The molecule has 0 radical (unpaired) electrons. The Labute approximate surface area is 95.6 Å². The van der Waals surface area contributed by atoms with E-state index in [1.54, 1.807) is 0 Å². The number of nitrogens with two attached hydrogens (primary N) is 1. The van der Waals surface area contributed by atoms with Gasteiger partial charge in [0.15, 0.2) is 5.82 Å². The van der Waals surface area contributed by atoms with E-state index >= 15 is 0 Å². The number of carbonyl (C=O) groups is 2. The smallest absolute Gasteiger partial charge is 0.290 e. The van der Waals surface area contributed by atoms with Crippen molar-refractivity contribution < 1.29 is 28.9 Å². The van der Waals surface area contributed by atoms with Gasteiger partial charge in [-0.25, -0.2) is 9.37 Å². The van der Waals surface area contributed by atoms with Gasteiger partial charge < -0.3 is 20.7 Å². The molecular formula is C9H11FN2O5. The lowest BCUT2D eigenvalue weighted by molar-refractivity contribution is -0.122. The lowest BCUT2D eigenvalue weighted by Gasteiger charge is -2.04. The molecule has 1 aromatic heterocycles. The normalized spacial score (nSPS) is 8.82. The van der Waals surface area contributed by atoms with E-state index in [1.165, 1.54) is 0 Å². The predicted octanol–water partition coefficient (Wildman–Crippen LogP) is -0.609. The highest BCUT2D eigenvalue weighted by Gasteiger charge is 2.08. The number of ether oxygens (including phenoxy) is 1. The Morgan fingerprint density at radius 3 is 2.65 bits per heavy atom. The number of pyridine rings is 1. The SMILES string of the molecule is NC(=O)c1cnc(OCCO)c(F)c1.O=CO. The van der Waals surface area contributed by atoms with Crippen LogP contribution in [0.25, 0.3) is 0 Å². The van der Waals surface area contributed by atoms with Gasteiger partial charge in [-0.15, -0.1) is 0 Å². The highest BCUT2D eigenvalue weighted by atomic mass is 19.1. The number of aliphatic hydroxyl groups is 1. The summed E-state index contributed by atoms with van der Waals surface area (Å²) in [7, 11) is 0. The molecule has 1 rings (SSSR count). The fraction of sp³-hybridized carbons (Fsp3) is 0.222. The fourth-order valence-corrected chi connectivity index (χ4v) is 0.809. The summed E-state index contributed by atoms with van der Waals surface area (Å²) in [4.78, 5) is 22.5. The summed E-state index contributed by atoms with van der Waals surface area (Å²) in [5, 5.41) is 15.3. The molecule has 0 aliphatic rings. The van der Waals surface area contributed by atoms with E-state index < -0.39 is 11.7 Å². The number of primary amides is 1. The van der Waals surface area contributed by atoms with E-state index in [0.717, 1.165) is 12.3 Å². The van der Waals surface area contributed by atoms with E-state index in [-0.39, 0.29) is 31.1 Å². The summed E-state index contributed by atoms with van der Waals surface area (Å²) in [5.74, 6) is -1.80. The van der Waals surface area contributed by atoms with E-state index in [9.17, 15) is 9.18 Å². The lowest BCUT2D eigenvalue weighted by atomic mass is 10.3. The summed E-state index contributed by atoms with van der Waals surface area (Å²) in [6, 6.07) is 0.933. The van der Waals surface area contributed by atoms with Gasteiger partial charge in [0, 0.05) is 6.20 Å². The van der Waals surface area contributed by atoms with Crippen LogP contribution in [0.4, 0.5) is 4.39 Å². The van der Waals surface area contributed by atoms with Crippen molar-refractivity contribution >= 4 is 12.4 Å². The minimum absolute atomic E-state index is 0.0288. The second-order valence-electron chi connectivity index (χ2n) is 2.55. The van der Waals surface area contributed by atoms with Crippen molar-refractivity contribution in [2.24, 2.45) is 5.73 Å².